The highest BCUT2D eigenvalue weighted by Gasteiger charge is 2.20. The van der Waals surface area contributed by atoms with Crippen LogP contribution in [0.3, 0.4) is 0 Å². The van der Waals surface area contributed by atoms with Crippen LogP contribution in [-0.4, -0.2) is 69.6 Å². The number of benzene rings is 1. The van der Waals surface area contributed by atoms with Crippen molar-refractivity contribution >= 4 is 15.8 Å². The predicted octanol–water partition coefficient (Wildman–Crippen LogP) is 1.96. The highest BCUT2D eigenvalue weighted by atomic mass is 32.2. The molecule has 1 unspecified atom stereocenters. The van der Waals surface area contributed by atoms with Crippen molar-refractivity contribution in [3.8, 4) is 5.75 Å². The maximum Gasteiger partial charge on any atom is 0.191 e. The Hall–Kier alpha value is -1.80. The van der Waals surface area contributed by atoms with Crippen LogP contribution in [0.15, 0.2) is 23.2 Å². The molecule has 2 N–H and O–H groups in total. The molecule has 1 aromatic rings. The molecule has 1 fully saturated rings. The number of nitrogens with one attached hydrogen (secondary N) is 2. The fourth-order valence-corrected chi connectivity index (χ4v) is 4.29. The molecule has 1 aliphatic rings. The molecule has 1 atom stereocenters. The summed E-state index contributed by atoms with van der Waals surface area (Å²) in [6, 6.07) is 6.23. The minimum absolute atomic E-state index is 0.166. The molecular formula is C21H36N4O3S. The van der Waals surface area contributed by atoms with E-state index in [4.69, 9.17) is 9.73 Å². The third-order valence-electron chi connectivity index (χ3n) is 5.03. The third kappa shape index (κ3) is 8.22. The SMILES string of the molecule is CCNC(=NCc1ccc(C)cc1OC(C)CC)NCCN1CCS(=O)(=O)CC1. The van der Waals surface area contributed by atoms with Crippen LogP contribution in [0.5, 0.6) is 5.75 Å². The summed E-state index contributed by atoms with van der Waals surface area (Å²) in [7, 11) is -2.83. The van der Waals surface area contributed by atoms with Gasteiger partial charge in [-0.2, -0.15) is 0 Å². The average Bonchev–Trinajstić information content (AvgIpc) is 2.68. The van der Waals surface area contributed by atoms with E-state index in [-0.39, 0.29) is 17.6 Å². The van der Waals surface area contributed by atoms with Gasteiger partial charge < -0.3 is 15.4 Å². The van der Waals surface area contributed by atoms with Gasteiger partial charge in [0.1, 0.15) is 5.75 Å². The zero-order chi connectivity index (χ0) is 21.3. The van der Waals surface area contributed by atoms with Gasteiger partial charge in [-0.15, -0.1) is 0 Å². The summed E-state index contributed by atoms with van der Waals surface area (Å²) in [6.07, 6.45) is 1.12. The molecule has 164 valence electrons. The number of nitrogens with zero attached hydrogens (tertiary/aromatic N) is 2. The van der Waals surface area contributed by atoms with Crippen LogP contribution < -0.4 is 15.4 Å². The van der Waals surface area contributed by atoms with Crippen LogP contribution in [0.2, 0.25) is 0 Å². The number of sulfone groups is 1. The second-order valence-electron chi connectivity index (χ2n) is 7.56. The minimum Gasteiger partial charge on any atom is -0.490 e. The molecule has 0 saturated carbocycles. The number of hydrogen-bond donors (Lipinski definition) is 2. The number of guanidine groups is 1. The first kappa shape index (κ1) is 23.5. The van der Waals surface area contributed by atoms with E-state index in [2.05, 4.69) is 54.5 Å². The van der Waals surface area contributed by atoms with Crippen LogP contribution in [0.4, 0.5) is 0 Å². The van der Waals surface area contributed by atoms with E-state index in [1.807, 2.05) is 6.92 Å². The van der Waals surface area contributed by atoms with E-state index >= 15 is 0 Å². The molecule has 0 aromatic heterocycles. The lowest BCUT2D eigenvalue weighted by atomic mass is 10.1. The highest BCUT2D eigenvalue weighted by Crippen LogP contribution is 2.23. The van der Waals surface area contributed by atoms with Gasteiger partial charge in [-0.3, -0.25) is 4.90 Å². The van der Waals surface area contributed by atoms with E-state index in [9.17, 15) is 8.42 Å². The van der Waals surface area contributed by atoms with Gasteiger partial charge in [0.2, 0.25) is 0 Å². The molecule has 0 aliphatic carbocycles. The standard InChI is InChI=1S/C21H36N4O3S/c1-5-18(4)28-20-15-17(3)7-8-19(20)16-24-21(22-6-2)23-9-10-25-11-13-29(26,27)14-12-25/h7-8,15,18H,5-6,9-14,16H2,1-4H3,(H2,22,23,24). The first-order valence-electron chi connectivity index (χ1n) is 10.5. The molecule has 0 radical (unpaired) electrons. The minimum atomic E-state index is -2.83. The molecule has 8 heteroatoms. The van der Waals surface area contributed by atoms with Crippen LogP contribution in [-0.2, 0) is 16.4 Å². The summed E-state index contributed by atoms with van der Waals surface area (Å²) >= 11 is 0. The molecule has 1 heterocycles. The summed E-state index contributed by atoms with van der Waals surface area (Å²) < 4.78 is 29.2. The van der Waals surface area contributed by atoms with E-state index in [1.165, 1.54) is 5.56 Å². The van der Waals surface area contributed by atoms with Gasteiger partial charge in [0.15, 0.2) is 15.8 Å². The van der Waals surface area contributed by atoms with E-state index < -0.39 is 9.84 Å². The molecule has 0 amide bonds. The highest BCUT2D eigenvalue weighted by molar-refractivity contribution is 7.91. The molecule has 1 aromatic carbocycles. The van der Waals surface area contributed by atoms with Gasteiger partial charge in [0, 0.05) is 38.3 Å². The predicted molar refractivity (Wildman–Crippen MR) is 119 cm³/mol. The summed E-state index contributed by atoms with van der Waals surface area (Å²) in [6.45, 7) is 12.3. The molecule has 0 spiro atoms. The van der Waals surface area contributed by atoms with Crippen molar-refractivity contribution in [2.45, 2.75) is 46.8 Å². The van der Waals surface area contributed by atoms with Crippen LogP contribution in [0.1, 0.15) is 38.3 Å². The van der Waals surface area contributed by atoms with Gasteiger partial charge in [-0.05, 0) is 38.8 Å². The normalized spacial score (nSPS) is 18.3. The van der Waals surface area contributed by atoms with Gasteiger partial charge in [-0.1, -0.05) is 19.1 Å². The Bertz CT molecular complexity index is 766. The van der Waals surface area contributed by atoms with Gasteiger partial charge in [0.25, 0.3) is 0 Å². The summed E-state index contributed by atoms with van der Waals surface area (Å²) in [4.78, 5) is 6.89. The van der Waals surface area contributed by atoms with Crippen molar-refractivity contribution < 1.29 is 13.2 Å². The van der Waals surface area contributed by atoms with E-state index in [1.54, 1.807) is 0 Å². The molecule has 29 heavy (non-hydrogen) atoms. The number of aryl methyl sites for hydroxylation is 1. The largest absolute Gasteiger partial charge is 0.490 e. The average molecular weight is 425 g/mol. The molecule has 1 saturated heterocycles. The van der Waals surface area contributed by atoms with Crippen LogP contribution in [0, 0.1) is 6.92 Å². The smallest absolute Gasteiger partial charge is 0.191 e. The maximum absolute atomic E-state index is 11.5. The Balaban J connectivity index is 1.93. The maximum atomic E-state index is 11.5. The molecule has 7 nitrogen and oxygen atoms in total. The summed E-state index contributed by atoms with van der Waals surface area (Å²) in [5, 5.41) is 6.62. The summed E-state index contributed by atoms with van der Waals surface area (Å²) in [5.41, 5.74) is 2.24. The number of ether oxygens (including phenoxy) is 1. The molecule has 1 aliphatic heterocycles. The second kappa shape index (κ2) is 11.4. The van der Waals surface area contributed by atoms with E-state index in [0.29, 0.717) is 19.6 Å². The Morgan fingerprint density at radius 2 is 1.97 bits per heavy atom. The Morgan fingerprint density at radius 1 is 1.24 bits per heavy atom. The van der Waals surface area contributed by atoms with Crippen LogP contribution >= 0.6 is 0 Å². The second-order valence-corrected chi connectivity index (χ2v) is 9.87. The quantitative estimate of drug-likeness (QED) is 0.466. The van der Waals surface area contributed by atoms with Crippen molar-refractivity contribution in [1.82, 2.24) is 15.5 Å². The van der Waals surface area contributed by atoms with Gasteiger partial charge in [0.05, 0.1) is 24.2 Å². The number of hydrogen-bond acceptors (Lipinski definition) is 5. The molecule has 0 bridgehead atoms. The fourth-order valence-electron chi connectivity index (χ4n) is 3.01. The molecule has 2 rings (SSSR count). The Labute approximate surface area is 175 Å². The number of aliphatic imine (C=N–C) groups is 1. The topological polar surface area (TPSA) is 83.0 Å². The van der Waals surface area contributed by atoms with E-state index in [0.717, 1.165) is 43.3 Å². The molecular weight excluding hydrogens is 388 g/mol. The lowest BCUT2D eigenvalue weighted by molar-refractivity contribution is 0.215. The van der Waals surface area contributed by atoms with Crippen molar-refractivity contribution in [1.29, 1.82) is 0 Å². The monoisotopic (exact) mass is 424 g/mol. The fraction of sp³-hybridized carbons (Fsp3) is 0.667. The first-order valence-corrected chi connectivity index (χ1v) is 12.4. The Kier molecular flexibility index (Phi) is 9.23. The van der Waals surface area contributed by atoms with Gasteiger partial charge in [-0.25, -0.2) is 13.4 Å². The summed E-state index contributed by atoms with van der Waals surface area (Å²) in [5.74, 6) is 2.17. The van der Waals surface area contributed by atoms with Crippen LogP contribution in [0.25, 0.3) is 0 Å². The zero-order valence-electron chi connectivity index (χ0n) is 18.2. The van der Waals surface area contributed by atoms with Crippen molar-refractivity contribution in [2.75, 3.05) is 44.2 Å². The van der Waals surface area contributed by atoms with Crippen molar-refractivity contribution in [2.24, 2.45) is 4.99 Å². The first-order chi connectivity index (χ1) is 13.8. The third-order valence-corrected chi connectivity index (χ3v) is 6.64. The lowest BCUT2D eigenvalue weighted by Crippen LogP contribution is -2.45. The van der Waals surface area contributed by atoms with Gasteiger partial charge >= 0.3 is 0 Å². The lowest BCUT2D eigenvalue weighted by Gasteiger charge is -2.26. The number of rotatable bonds is 9. The van der Waals surface area contributed by atoms with Crippen molar-refractivity contribution in [3.63, 3.8) is 0 Å². The Morgan fingerprint density at radius 3 is 2.62 bits per heavy atom. The van der Waals surface area contributed by atoms with Crippen molar-refractivity contribution in [3.05, 3.63) is 29.3 Å². The zero-order valence-corrected chi connectivity index (χ0v) is 19.0.